The molecule has 0 saturated heterocycles. The number of ether oxygens (including phenoxy) is 4. The second-order valence-corrected chi connectivity index (χ2v) is 17.1. The Labute approximate surface area is 383 Å². The maximum atomic E-state index is 7.51. The van der Waals surface area contributed by atoms with E-state index in [0.717, 1.165) is 99.5 Å². The van der Waals surface area contributed by atoms with E-state index in [-0.39, 0.29) is 13.2 Å². The minimum atomic E-state index is -0.979. The molecule has 0 amide bonds. The fourth-order valence-electron chi connectivity index (χ4n) is 11.0. The van der Waals surface area contributed by atoms with Crippen molar-refractivity contribution >= 4 is 32.7 Å². The summed E-state index contributed by atoms with van der Waals surface area (Å²) in [6.45, 7) is 0.182. The summed E-state index contributed by atoms with van der Waals surface area (Å²) in [4.78, 5) is 0. The van der Waals surface area contributed by atoms with E-state index >= 15 is 0 Å². The second kappa shape index (κ2) is 14.4. The van der Waals surface area contributed by atoms with Crippen molar-refractivity contribution in [2.24, 2.45) is 0 Å². The maximum Gasteiger partial charge on any atom is 0.180 e. The predicted molar refractivity (Wildman–Crippen MR) is 264 cm³/mol. The fraction of sp³-hybridized carbons (Fsp3) is 0.0645. The van der Waals surface area contributed by atoms with Gasteiger partial charge in [-0.2, -0.15) is 0 Å². The molecule has 4 nitrogen and oxygen atoms in total. The summed E-state index contributed by atoms with van der Waals surface area (Å²) in [5.74, 6) is 7.87. The number of terminal acetylenes is 2. The summed E-state index contributed by atoms with van der Waals surface area (Å²) in [6, 6.07) is 64.0. The van der Waals surface area contributed by atoms with Gasteiger partial charge in [0.15, 0.2) is 34.2 Å². The minimum absolute atomic E-state index is 0.0908. The van der Waals surface area contributed by atoms with Crippen molar-refractivity contribution in [3.05, 3.63) is 239 Å². The van der Waals surface area contributed by atoms with Crippen molar-refractivity contribution in [2.45, 2.75) is 11.2 Å². The van der Waals surface area contributed by atoms with Crippen molar-refractivity contribution in [2.75, 3.05) is 13.2 Å². The predicted octanol–water partition coefficient (Wildman–Crippen LogP) is 13.5. The lowest BCUT2D eigenvalue weighted by Crippen LogP contribution is -2.34. The zero-order valence-electron chi connectivity index (χ0n) is 35.7. The third-order valence-corrected chi connectivity index (χ3v) is 13.7. The molecule has 66 heavy (non-hydrogen) atoms. The summed E-state index contributed by atoms with van der Waals surface area (Å²) in [5, 5.41) is 4.12. The van der Waals surface area contributed by atoms with Crippen LogP contribution >= 0.6 is 0 Å². The van der Waals surface area contributed by atoms with E-state index in [4.69, 9.17) is 31.8 Å². The lowest BCUT2D eigenvalue weighted by atomic mass is 9.79. The Balaban J connectivity index is 1.12. The van der Waals surface area contributed by atoms with Crippen LogP contribution in [0.15, 0.2) is 194 Å². The molecular weight excluding hydrogens is 809 g/mol. The zero-order chi connectivity index (χ0) is 44.0. The Morgan fingerprint density at radius 2 is 0.773 bits per heavy atom. The van der Waals surface area contributed by atoms with Crippen LogP contribution < -0.4 is 18.9 Å². The highest BCUT2D eigenvalue weighted by atomic mass is 16.5. The van der Waals surface area contributed by atoms with E-state index < -0.39 is 11.2 Å². The highest BCUT2D eigenvalue weighted by Gasteiger charge is 2.50. The lowest BCUT2D eigenvalue weighted by molar-refractivity contribution is 0.157. The molecule has 2 spiro atoms. The van der Waals surface area contributed by atoms with Gasteiger partial charge in [0.2, 0.25) is 0 Å². The van der Waals surface area contributed by atoms with Crippen LogP contribution in [0.2, 0.25) is 0 Å². The van der Waals surface area contributed by atoms with Crippen LogP contribution in [0, 0.1) is 24.7 Å². The third kappa shape index (κ3) is 5.31. The first kappa shape index (κ1) is 37.8. The van der Waals surface area contributed by atoms with Gasteiger partial charge < -0.3 is 18.9 Å². The van der Waals surface area contributed by atoms with Gasteiger partial charge in [-0.3, -0.25) is 0 Å². The molecule has 0 saturated carbocycles. The van der Waals surface area contributed by atoms with Crippen molar-refractivity contribution in [3.8, 4) is 69.9 Å². The molecule has 9 aromatic rings. The summed E-state index contributed by atoms with van der Waals surface area (Å²) in [6.07, 6.45) is 16.4. The van der Waals surface area contributed by atoms with Gasteiger partial charge in [-0.1, -0.05) is 176 Å². The molecule has 0 fully saturated rings. The van der Waals surface area contributed by atoms with Crippen molar-refractivity contribution < 1.29 is 18.9 Å². The zero-order valence-corrected chi connectivity index (χ0v) is 35.7. The van der Waals surface area contributed by atoms with Gasteiger partial charge in [0.05, 0.1) is 0 Å². The molecular formula is C62H38O4. The molecule has 2 aliphatic carbocycles. The first-order valence-corrected chi connectivity index (χ1v) is 22.2. The molecule has 13 rings (SSSR count). The van der Waals surface area contributed by atoms with E-state index in [1.54, 1.807) is 0 Å². The van der Waals surface area contributed by atoms with Crippen LogP contribution in [0.1, 0.15) is 44.5 Å². The summed E-state index contributed by atoms with van der Waals surface area (Å²) < 4.78 is 27.9. The van der Waals surface area contributed by atoms with E-state index in [0.29, 0.717) is 23.0 Å². The van der Waals surface area contributed by atoms with Gasteiger partial charge in [0.25, 0.3) is 0 Å². The average Bonchev–Trinajstić information content (AvgIpc) is 3.79. The largest absolute Gasteiger partial charge is 0.477 e. The van der Waals surface area contributed by atoms with Gasteiger partial charge in [-0.15, -0.1) is 12.8 Å². The van der Waals surface area contributed by atoms with Crippen LogP contribution in [0.3, 0.4) is 0 Å². The molecule has 0 unspecified atom stereocenters. The number of fused-ring (bicyclic) bond motifs is 16. The Morgan fingerprint density at radius 3 is 1.17 bits per heavy atom. The Morgan fingerprint density at radius 1 is 0.409 bits per heavy atom. The topological polar surface area (TPSA) is 36.9 Å². The Hall–Kier alpha value is -8.70. The SMILES string of the molecule is C#CCOc1cc2ccccc2c2c1OC1(C=C2c2cccc(C3=CC4(Oc5c(OCC#C)cc6ccccc6c53)c3ccccc3-c3ccccc34)c2)c2ccccc2-c2ccccc21. The molecule has 0 aromatic heterocycles. The fourth-order valence-corrected chi connectivity index (χ4v) is 11.0. The monoisotopic (exact) mass is 846 g/mol. The van der Waals surface area contributed by atoms with E-state index in [1.807, 2.05) is 0 Å². The lowest BCUT2D eigenvalue weighted by Gasteiger charge is -2.38. The minimum Gasteiger partial charge on any atom is -0.477 e. The van der Waals surface area contributed by atoms with Gasteiger partial charge >= 0.3 is 0 Å². The van der Waals surface area contributed by atoms with Crippen LogP contribution in [-0.4, -0.2) is 13.2 Å². The Bertz CT molecular complexity index is 3370. The second-order valence-electron chi connectivity index (χ2n) is 17.1. The van der Waals surface area contributed by atoms with E-state index in [2.05, 4.69) is 206 Å². The van der Waals surface area contributed by atoms with Crippen molar-refractivity contribution in [1.29, 1.82) is 0 Å². The van der Waals surface area contributed by atoms with E-state index in [9.17, 15) is 0 Å². The summed E-state index contributed by atoms with van der Waals surface area (Å²) in [7, 11) is 0. The first-order chi connectivity index (χ1) is 32.6. The Kier molecular flexibility index (Phi) is 8.26. The molecule has 0 radical (unpaired) electrons. The summed E-state index contributed by atoms with van der Waals surface area (Å²) >= 11 is 0. The molecule has 0 N–H and O–H groups in total. The standard InChI is InChI=1S/C62H38O4/c1-3-32-63-55-35-41-18-5-7-22-43(41)57-49(37-61(65-59(55)57)51-28-13-9-24-45(51)46-25-10-14-29-52(46)61)39-20-17-21-40(34-39)50-38-62(53-30-15-11-26-47(53)48-27-12-16-31-54(48)62)66-60-56(64-33-4-2)36-42-19-6-8-23-44(42)58(50)60/h1-2,5-31,34-38H,32-33H2. The van der Waals surface area contributed by atoms with E-state index in [1.165, 1.54) is 0 Å². The smallest absolute Gasteiger partial charge is 0.180 e. The molecule has 9 aromatic carbocycles. The average molecular weight is 847 g/mol. The number of rotatable bonds is 6. The molecule has 2 aliphatic heterocycles. The molecule has 310 valence electrons. The third-order valence-electron chi connectivity index (χ3n) is 13.7. The van der Waals surface area contributed by atoms with Crippen LogP contribution in [0.5, 0.6) is 23.0 Å². The highest BCUT2D eigenvalue weighted by molar-refractivity contribution is 6.06. The highest BCUT2D eigenvalue weighted by Crippen LogP contribution is 2.60. The van der Waals surface area contributed by atoms with Crippen molar-refractivity contribution in [3.63, 3.8) is 0 Å². The van der Waals surface area contributed by atoms with Gasteiger partial charge in [-0.05, 0) is 96.4 Å². The van der Waals surface area contributed by atoms with Crippen LogP contribution in [0.4, 0.5) is 0 Å². The first-order valence-electron chi connectivity index (χ1n) is 22.2. The van der Waals surface area contributed by atoms with Crippen LogP contribution in [-0.2, 0) is 11.2 Å². The van der Waals surface area contributed by atoms with Gasteiger partial charge in [0.1, 0.15) is 13.2 Å². The number of hydrogen-bond donors (Lipinski definition) is 0. The normalized spacial score (nSPS) is 14.8. The summed E-state index contributed by atoms with van der Waals surface area (Å²) in [5.41, 5.74) is 12.8. The van der Waals surface area contributed by atoms with Gasteiger partial charge in [0, 0.05) is 33.4 Å². The van der Waals surface area contributed by atoms with Crippen LogP contribution in [0.25, 0.3) is 54.9 Å². The molecule has 2 heterocycles. The molecule has 0 atom stereocenters. The van der Waals surface area contributed by atoms with Crippen molar-refractivity contribution in [1.82, 2.24) is 0 Å². The van der Waals surface area contributed by atoms with Gasteiger partial charge in [-0.25, -0.2) is 0 Å². The number of benzene rings is 9. The maximum absolute atomic E-state index is 7.51. The molecule has 0 bridgehead atoms. The molecule has 4 aliphatic rings. The molecule has 4 heteroatoms. The quantitative estimate of drug-likeness (QED) is 0.156. The number of hydrogen-bond acceptors (Lipinski definition) is 4.